The van der Waals surface area contributed by atoms with Crippen molar-refractivity contribution < 1.29 is 19.1 Å². The van der Waals surface area contributed by atoms with E-state index in [4.69, 9.17) is 55.9 Å². The Bertz CT molecular complexity index is 1330. The van der Waals surface area contributed by atoms with Crippen LogP contribution in [0.4, 0.5) is 11.4 Å². The van der Waals surface area contributed by atoms with Crippen LogP contribution in [0, 0.1) is 22.7 Å². The third kappa shape index (κ3) is 11.6. The molecule has 16 heteroatoms. The molecule has 2 aromatic rings. The van der Waals surface area contributed by atoms with Crippen molar-refractivity contribution in [1.82, 2.24) is 9.80 Å². The van der Waals surface area contributed by atoms with Crippen LogP contribution >= 0.6 is 46.4 Å². The standard InChI is InChI=1S/C28H30Cl4N8O4/c1-3-43-27(41)25(37-35-23-17-19(29)7-9-21(23)31)39(13-5-11-33)15-16-40(14-6-12-34)26(28(42)44-4-2)38-36-24-18-20(30)8-10-22(24)32/h7-10,17-18,35-36H,3-6,13-16H2,1-2H3. The third-order valence-corrected chi connectivity index (χ3v) is 6.69. The lowest BCUT2D eigenvalue weighted by Gasteiger charge is -2.29. The molecule has 0 saturated carbocycles. The fraction of sp³-hybridized carbons (Fsp3) is 0.357. The van der Waals surface area contributed by atoms with Gasteiger partial charge in [-0.2, -0.15) is 10.5 Å². The topological polar surface area (TPSA) is 155 Å². The largest absolute Gasteiger partial charge is 0.460 e. The molecule has 0 aliphatic carbocycles. The fourth-order valence-electron chi connectivity index (χ4n) is 3.53. The van der Waals surface area contributed by atoms with Crippen LogP contribution in [0.25, 0.3) is 0 Å². The molecule has 2 N–H and O–H groups in total. The van der Waals surface area contributed by atoms with Gasteiger partial charge in [0, 0.05) is 36.2 Å². The maximum atomic E-state index is 13.0. The molecular weight excluding hydrogens is 654 g/mol. The summed E-state index contributed by atoms with van der Waals surface area (Å²) in [5.41, 5.74) is 6.14. The minimum absolute atomic E-state index is 0.0299. The second-order valence-corrected chi connectivity index (χ2v) is 10.3. The van der Waals surface area contributed by atoms with Crippen molar-refractivity contribution >= 4 is 81.4 Å². The first-order valence-corrected chi connectivity index (χ1v) is 14.8. The highest BCUT2D eigenvalue weighted by Gasteiger charge is 2.26. The predicted octanol–water partition coefficient (Wildman–Crippen LogP) is 6.01. The molecule has 2 aromatic carbocycles. The first-order valence-electron chi connectivity index (χ1n) is 13.3. The average Bonchev–Trinajstić information content (AvgIpc) is 2.99. The SMILES string of the molecule is CCOC(=O)C(=NNc1cc(Cl)ccc1Cl)N(CCC#N)CCN(CCC#N)C(=NNc1cc(Cl)ccc1Cl)C(=O)OCC. The molecule has 0 radical (unpaired) electrons. The molecule has 0 aliphatic heterocycles. The van der Waals surface area contributed by atoms with Gasteiger partial charge in [-0.1, -0.05) is 46.4 Å². The molecule has 0 amide bonds. The van der Waals surface area contributed by atoms with Gasteiger partial charge in [-0.3, -0.25) is 10.9 Å². The van der Waals surface area contributed by atoms with Gasteiger partial charge in [-0.15, -0.1) is 10.2 Å². The average molecular weight is 684 g/mol. The summed E-state index contributed by atoms with van der Waals surface area (Å²) in [6.07, 6.45) is 0.0599. The monoisotopic (exact) mass is 682 g/mol. The zero-order valence-electron chi connectivity index (χ0n) is 23.9. The lowest BCUT2D eigenvalue weighted by Crippen LogP contribution is -2.47. The number of ether oxygens (including phenoxy) is 2. The Morgan fingerprint density at radius 1 is 0.727 bits per heavy atom. The van der Waals surface area contributed by atoms with Gasteiger partial charge >= 0.3 is 11.9 Å². The van der Waals surface area contributed by atoms with Crippen molar-refractivity contribution in [3.63, 3.8) is 0 Å². The van der Waals surface area contributed by atoms with Gasteiger partial charge in [0.2, 0.25) is 11.7 Å². The summed E-state index contributed by atoms with van der Waals surface area (Å²) in [6, 6.07) is 13.5. The van der Waals surface area contributed by atoms with Gasteiger partial charge in [-0.25, -0.2) is 9.59 Å². The highest BCUT2D eigenvalue weighted by molar-refractivity contribution is 6.37. The van der Waals surface area contributed by atoms with Crippen LogP contribution in [-0.4, -0.2) is 72.8 Å². The Labute approximate surface area is 275 Å². The highest BCUT2D eigenvalue weighted by Crippen LogP contribution is 2.26. The Kier molecular flexibility index (Phi) is 16.0. The van der Waals surface area contributed by atoms with Gasteiger partial charge in [0.1, 0.15) is 0 Å². The molecule has 0 aliphatic rings. The molecule has 234 valence electrons. The van der Waals surface area contributed by atoms with E-state index in [1.54, 1.807) is 38.1 Å². The number of amidine groups is 2. The number of halogens is 4. The minimum atomic E-state index is -0.767. The summed E-state index contributed by atoms with van der Waals surface area (Å²) in [6.45, 7) is 3.66. The van der Waals surface area contributed by atoms with E-state index in [9.17, 15) is 20.1 Å². The molecule has 12 nitrogen and oxygen atoms in total. The van der Waals surface area contributed by atoms with Crippen LogP contribution in [0.1, 0.15) is 26.7 Å². The second kappa shape index (κ2) is 19.4. The van der Waals surface area contributed by atoms with Crippen LogP contribution in [-0.2, 0) is 19.1 Å². The molecule has 0 aromatic heterocycles. The Balaban J connectivity index is 2.47. The Morgan fingerprint density at radius 2 is 1.11 bits per heavy atom. The predicted molar refractivity (Wildman–Crippen MR) is 172 cm³/mol. The highest BCUT2D eigenvalue weighted by atomic mass is 35.5. The lowest BCUT2D eigenvalue weighted by molar-refractivity contribution is -0.137. The number of rotatable bonds is 13. The Hall–Kier alpha value is -3.94. The van der Waals surface area contributed by atoms with Crippen LogP contribution in [0.5, 0.6) is 0 Å². The summed E-state index contributed by atoms with van der Waals surface area (Å²) >= 11 is 24.6. The van der Waals surface area contributed by atoms with Crippen molar-refractivity contribution in [1.29, 1.82) is 10.5 Å². The summed E-state index contributed by atoms with van der Waals surface area (Å²) in [4.78, 5) is 29.1. The lowest BCUT2D eigenvalue weighted by atomic mass is 10.3. The van der Waals surface area contributed by atoms with Gasteiger partial charge in [0.25, 0.3) is 0 Å². The van der Waals surface area contributed by atoms with E-state index in [0.29, 0.717) is 31.5 Å². The van der Waals surface area contributed by atoms with Crippen molar-refractivity contribution in [3.05, 3.63) is 56.5 Å². The maximum absolute atomic E-state index is 13.0. The summed E-state index contributed by atoms with van der Waals surface area (Å²) in [5, 5.41) is 28.5. The van der Waals surface area contributed by atoms with E-state index < -0.39 is 11.9 Å². The number of carbonyl (C=O) groups excluding carboxylic acids is 2. The number of nitriles is 2. The smallest absolute Gasteiger partial charge is 0.375 e. The second-order valence-electron chi connectivity index (χ2n) is 8.57. The number of nitrogens with one attached hydrogen (secondary N) is 2. The minimum Gasteiger partial charge on any atom is -0.460 e. The zero-order valence-corrected chi connectivity index (χ0v) is 27.0. The quantitative estimate of drug-likeness (QED) is 0.111. The normalized spacial score (nSPS) is 11.2. The molecule has 2 rings (SSSR count). The van der Waals surface area contributed by atoms with Crippen LogP contribution in [0.3, 0.4) is 0 Å². The van der Waals surface area contributed by atoms with E-state index in [1.807, 2.05) is 12.1 Å². The first kappa shape index (κ1) is 36.3. The molecule has 44 heavy (non-hydrogen) atoms. The number of benzene rings is 2. The first-order chi connectivity index (χ1) is 21.1. The number of hydrogen-bond donors (Lipinski definition) is 2. The number of anilines is 2. The molecule has 0 spiro atoms. The number of hydrazone groups is 2. The molecule has 0 unspecified atom stereocenters. The molecule has 0 fully saturated rings. The van der Waals surface area contributed by atoms with Gasteiger partial charge in [0.15, 0.2) is 0 Å². The van der Waals surface area contributed by atoms with Crippen LogP contribution in [0.15, 0.2) is 46.6 Å². The summed E-state index contributed by atoms with van der Waals surface area (Å²) in [7, 11) is 0. The third-order valence-electron chi connectivity index (χ3n) is 5.56. The van der Waals surface area contributed by atoms with E-state index in [-0.39, 0.29) is 63.9 Å². The van der Waals surface area contributed by atoms with Crippen molar-refractivity contribution in [2.75, 3.05) is 50.2 Å². The van der Waals surface area contributed by atoms with Crippen molar-refractivity contribution in [2.24, 2.45) is 10.2 Å². The van der Waals surface area contributed by atoms with E-state index in [1.165, 1.54) is 21.9 Å². The summed E-state index contributed by atoms with van der Waals surface area (Å²) < 4.78 is 10.4. The van der Waals surface area contributed by atoms with Crippen LogP contribution < -0.4 is 10.9 Å². The van der Waals surface area contributed by atoms with Crippen molar-refractivity contribution in [2.45, 2.75) is 26.7 Å². The molecule has 0 atom stereocenters. The number of nitrogens with zero attached hydrogens (tertiary/aromatic N) is 6. The van der Waals surface area contributed by atoms with E-state index in [2.05, 4.69) is 21.1 Å². The van der Waals surface area contributed by atoms with Gasteiger partial charge < -0.3 is 19.3 Å². The Morgan fingerprint density at radius 3 is 1.45 bits per heavy atom. The number of hydrogen-bond acceptors (Lipinski definition) is 10. The molecule has 0 bridgehead atoms. The van der Waals surface area contributed by atoms with Gasteiger partial charge in [-0.05, 0) is 50.2 Å². The van der Waals surface area contributed by atoms with E-state index in [0.717, 1.165) is 0 Å². The molecule has 0 heterocycles. The number of esters is 2. The van der Waals surface area contributed by atoms with Crippen LogP contribution in [0.2, 0.25) is 20.1 Å². The van der Waals surface area contributed by atoms with E-state index >= 15 is 0 Å². The zero-order chi connectivity index (χ0) is 32.5. The molecular formula is C28H30Cl4N8O4. The summed E-state index contributed by atoms with van der Waals surface area (Å²) in [5.74, 6) is -1.85. The maximum Gasteiger partial charge on any atom is 0.375 e. The fourth-order valence-corrected chi connectivity index (χ4v) is 4.20. The number of carbonyl (C=O) groups is 2. The van der Waals surface area contributed by atoms with Gasteiger partial charge in [0.05, 0.1) is 59.6 Å². The van der Waals surface area contributed by atoms with Crippen molar-refractivity contribution in [3.8, 4) is 12.1 Å². The molecule has 0 saturated heterocycles.